The lowest BCUT2D eigenvalue weighted by Crippen LogP contribution is -2.36. The van der Waals surface area contributed by atoms with Crippen LogP contribution < -0.4 is 15.8 Å². The summed E-state index contributed by atoms with van der Waals surface area (Å²) < 4.78 is 6.86. The second kappa shape index (κ2) is 9.96. The van der Waals surface area contributed by atoms with E-state index in [0.29, 0.717) is 17.3 Å². The number of aryl methyl sites for hydroxylation is 2. The summed E-state index contributed by atoms with van der Waals surface area (Å²) in [5.74, 6) is -0.312. The molecule has 7 heteroatoms. The lowest BCUT2D eigenvalue weighted by molar-refractivity contribution is 0.102. The Hall–Kier alpha value is -3.19. The molecule has 0 saturated carbocycles. The van der Waals surface area contributed by atoms with Gasteiger partial charge in [-0.05, 0) is 43.2 Å². The molecule has 0 atom stereocenters. The first-order chi connectivity index (χ1) is 15.6. The summed E-state index contributed by atoms with van der Waals surface area (Å²) >= 11 is 0. The van der Waals surface area contributed by atoms with Crippen LogP contribution in [0.4, 0.5) is 11.4 Å². The number of nitrogens with one attached hydrogen (secondary N) is 1. The van der Waals surface area contributed by atoms with Crippen LogP contribution in [0.1, 0.15) is 42.2 Å². The van der Waals surface area contributed by atoms with Crippen molar-refractivity contribution in [2.75, 3.05) is 36.5 Å². The Morgan fingerprint density at radius 3 is 2.56 bits per heavy atom. The van der Waals surface area contributed by atoms with Crippen LogP contribution in [-0.4, -0.2) is 42.0 Å². The number of rotatable bonds is 7. The Morgan fingerprint density at radius 2 is 1.84 bits per heavy atom. The summed E-state index contributed by atoms with van der Waals surface area (Å²) in [6.45, 7) is 7.78. The Morgan fingerprint density at radius 1 is 1.09 bits per heavy atom. The predicted molar refractivity (Wildman–Crippen MR) is 128 cm³/mol. The molecule has 0 bridgehead atoms. The molecular weight excluding hydrogens is 404 g/mol. The SMILES string of the molecule is CCCCCn1nc(C(=O)Nc2ccc(N3CCOCC3)cc2C)c2ccccc2c1=O. The molecule has 0 aliphatic carbocycles. The Balaban J connectivity index is 1.62. The van der Waals surface area contributed by atoms with E-state index in [1.807, 2.05) is 31.2 Å². The fourth-order valence-corrected chi connectivity index (χ4v) is 4.05. The summed E-state index contributed by atoms with van der Waals surface area (Å²) in [4.78, 5) is 28.4. The molecule has 3 aromatic rings. The number of carbonyl (C=O) groups excluding carboxylic acids is 1. The summed E-state index contributed by atoms with van der Waals surface area (Å²) in [6.07, 6.45) is 2.91. The summed E-state index contributed by atoms with van der Waals surface area (Å²) in [5.41, 5.74) is 2.95. The topological polar surface area (TPSA) is 76.5 Å². The fourth-order valence-electron chi connectivity index (χ4n) is 4.05. The monoisotopic (exact) mass is 434 g/mol. The molecule has 1 aliphatic heterocycles. The third kappa shape index (κ3) is 4.67. The third-order valence-electron chi connectivity index (χ3n) is 5.89. The molecule has 1 aliphatic rings. The highest BCUT2D eigenvalue weighted by Crippen LogP contribution is 2.24. The highest BCUT2D eigenvalue weighted by molar-refractivity contribution is 6.11. The fraction of sp³-hybridized carbons (Fsp3) is 0.400. The van der Waals surface area contributed by atoms with Gasteiger partial charge in [0.2, 0.25) is 0 Å². The second-order valence-electron chi connectivity index (χ2n) is 8.18. The number of hydrogen-bond acceptors (Lipinski definition) is 5. The Kier molecular flexibility index (Phi) is 6.85. The maximum atomic E-state index is 13.2. The van der Waals surface area contributed by atoms with Gasteiger partial charge in [0.25, 0.3) is 11.5 Å². The van der Waals surface area contributed by atoms with Crippen LogP contribution in [0, 0.1) is 6.92 Å². The van der Waals surface area contributed by atoms with Crippen LogP contribution >= 0.6 is 0 Å². The van der Waals surface area contributed by atoms with E-state index in [2.05, 4.69) is 28.3 Å². The Labute approximate surface area is 188 Å². The van der Waals surface area contributed by atoms with Gasteiger partial charge in [-0.2, -0.15) is 5.10 Å². The predicted octanol–water partition coefficient (Wildman–Crippen LogP) is 3.98. The van der Waals surface area contributed by atoms with Gasteiger partial charge in [-0.3, -0.25) is 9.59 Å². The van der Waals surface area contributed by atoms with Crippen LogP contribution in [0.25, 0.3) is 10.8 Å². The number of fused-ring (bicyclic) bond motifs is 1. The number of nitrogens with zero attached hydrogens (tertiary/aromatic N) is 3. The van der Waals surface area contributed by atoms with E-state index in [-0.39, 0.29) is 17.2 Å². The lowest BCUT2D eigenvalue weighted by Gasteiger charge is -2.29. The third-order valence-corrected chi connectivity index (χ3v) is 5.89. The maximum Gasteiger partial charge on any atom is 0.276 e. The molecule has 0 radical (unpaired) electrons. The van der Waals surface area contributed by atoms with E-state index >= 15 is 0 Å². The molecule has 1 aromatic heterocycles. The Bertz CT molecular complexity index is 1170. The van der Waals surface area contributed by atoms with Crippen molar-refractivity contribution in [3.05, 3.63) is 64.1 Å². The minimum absolute atomic E-state index is 0.153. The van der Waals surface area contributed by atoms with Gasteiger partial charge in [-0.25, -0.2) is 4.68 Å². The normalized spacial score (nSPS) is 14.0. The maximum absolute atomic E-state index is 13.2. The van der Waals surface area contributed by atoms with Crippen LogP contribution in [0.15, 0.2) is 47.3 Å². The van der Waals surface area contributed by atoms with Gasteiger partial charge >= 0.3 is 0 Å². The number of aromatic nitrogens is 2. The van der Waals surface area contributed by atoms with E-state index < -0.39 is 0 Å². The van der Waals surface area contributed by atoms with Crippen molar-refractivity contribution in [2.24, 2.45) is 0 Å². The molecule has 32 heavy (non-hydrogen) atoms. The van der Waals surface area contributed by atoms with E-state index in [9.17, 15) is 9.59 Å². The molecule has 1 N–H and O–H groups in total. The summed E-state index contributed by atoms with van der Waals surface area (Å²) in [7, 11) is 0. The zero-order valence-electron chi connectivity index (χ0n) is 18.8. The minimum atomic E-state index is -0.312. The first-order valence-corrected chi connectivity index (χ1v) is 11.3. The minimum Gasteiger partial charge on any atom is -0.378 e. The van der Waals surface area contributed by atoms with Crippen molar-refractivity contribution in [1.82, 2.24) is 9.78 Å². The number of amides is 1. The van der Waals surface area contributed by atoms with Gasteiger partial charge in [-0.1, -0.05) is 38.0 Å². The molecule has 168 valence electrons. The number of unbranched alkanes of at least 4 members (excludes halogenated alkanes) is 2. The number of carbonyl (C=O) groups is 1. The highest BCUT2D eigenvalue weighted by Gasteiger charge is 2.18. The molecule has 1 fully saturated rings. The number of anilines is 2. The molecule has 2 heterocycles. The molecule has 0 spiro atoms. The smallest absolute Gasteiger partial charge is 0.276 e. The average Bonchev–Trinajstić information content (AvgIpc) is 2.82. The van der Waals surface area contributed by atoms with Gasteiger partial charge in [0.05, 0.1) is 18.6 Å². The van der Waals surface area contributed by atoms with E-state index in [1.165, 1.54) is 4.68 Å². The van der Waals surface area contributed by atoms with Crippen molar-refractivity contribution < 1.29 is 9.53 Å². The molecular formula is C25H30N4O3. The average molecular weight is 435 g/mol. The first-order valence-electron chi connectivity index (χ1n) is 11.3. The van der Waals surface area contributed by atoms with Crippen LogP contribution in [-0.2, 0) is 11.3 Å². The summed E-state index contributed by atoms with van der Waals surface area (Å²) in [5, 5.41) is 8.55. The van der Waals surface area contributed by atoms with Crippen molar-refractivity contribution in [1.29, 1.82) is 0 Å². The lowest BCUT2D eigenvalue weighted by atomic mass is 10.1. The van der Waals surface area contributed by atoms with Crippen LogP contribution in [0.5, 0.6) is 0 Å². The molecule has 0 unspecified atom stereocenters. The zero-order chi connectivity index (χ0) is 22.5. The molecule has 7 nitrogen and oxygen atoms in total. The first kappa shape index (κ1) is 22.0. The van der Waals surface area contributed by atoms with Gasteiger partial charge in [0.15, 0.2) is 5.69 Å². The summed E-state index contributed by atoms with van der Waals surface area (Å²) in [6, 6.07) is 13.2. The number of hydrogen-bond donors (Lipinski definition) is 1. The van der Waals surface area contributed by atoms with E-state index in [4.69, 9.17) is 4.74 Å². The molecule has 4 rings (SSSR count). The van der Waals surface area contributed by atoms with Crippen molar-refractivity contribution in [3.8, 4) is 0 Å². The molecule has 2 aromatic carbocycles. The van der Waals surface area contributed by atoms with Crippen molar-refractivity contribution in [3.63, 3.8) is 0 Å². The van der Waals surface area contributed by atoms with Gasteiger partial charge < -0.3 is 15.0 Å². The van der Waals surface area contributed by atoms with E-state index in [0.717, 1.165) is 62.5 Å². The largest absolute Gasteiger partial charge is 0.378 e. The van der Waals surface area contributed by atoms with Crippen LogP contribution in [0.3, 0.4) is 0 Å². The second-order valence-corrected chi connectivity index (χ2v) is 8.18. The molecule has 1 saturated heterocycles. The van der Waals surface area contributed by atoms with Crippen molar-refractivity contribution >= 4 is 28.1 Å². The van der Waals surface area contributed by atoms with Gasteiger partial charge in [0, 0.05) is 36.4 Å². The van der Waals surface area contributed by atoms with Crippen molar-refractivity contribution in [2.45, 2.75) is 39.7 Å². The van der Waals surface area contributed by atoms with Gasteiger partial charge in [0.1, 0.15) is 0 Å². The highest BCUT2D eigenvalue weighted by atomic mass is 16.5. The molecule has 1 amide bonds. The number of morpholine rings is 1. The number of ether oxygens (including phenoxy) is 1. The number of benzene rings is 2. The van der Waals surface area contributed by atoms with E-state index in [1.54, 1.807) is 12.1 Å². The van der Waals surface area contributed by atoms with Gasteiger partial charge in [-0.15, -0.1) is 0 Å². The zero-order valence-corrected chi connectivity index (χ0v) is 18.8. The quantitative estimate of drug-likeness (QED) is 0.569. The van der Waals surface area contributed by atoms with Crippen LogP contribution in [0.2, 0.25) is 0 Å². The standard InChI is InChI=1S/C25H30N4O3/c1-3-4-7-12-29-25(31)21-9-6-5-8-20(21)23(27-29)24(30)26-22-11-10-19(17-18(22)2)28-13-15-32-16-14-28/h5-6,8-11,17H,3-4,7,12-16H2,1-2H3,(H,26,30).